The van der Waals surface area contributed by atoms with Crippen molar-refractivity contribution in [3.8, 4) is 0 Å². The zero-order valence-electron chi connectivity index (χ0n) is 16.5. The van der Waals surface area contributed by atoms with E-state index in [0.29, 0.717) is 26.0 Å². The number of nitrogens with zero attached hydrogens (tertiary/aromatic N) is 4. The predicted molar refractivity (Wildman–Crippen MR) is 109 cm³/mol. The molecule has 150 valence electrons. The maximum absolute atomic E-state index is 13.1. The van der Waals surface area contributed by atoms with Crippen LogP contribution in [0.5, 0.6) is 0 Å². The molecule has 0 fully saturated rings. The molecular weight excluding hydrogens is 376 g/mol. The summed E-state index contributed by atoms with van der Waals surface area (Å²) < 4.78 is 7.10. The average Bonchev–Trinajstić information content (AvgIpc) is 3.43. The van der Waals surface area contributed by atoms with Gasteiger partial charge in [-0.25, -0.2) is 5.01 Å². The molecule has 1 aliphatic rings. The molecule has 0 radical (unpaired) electrons. The Balaban J connectivity index is 1.84. The standard InChI is InChI=1S/C20H26N4O3S/c1-4-19(25)23(10-11-27-3)14-20(26)24-17(16-7-5-9-22(16)2)13-15(21-24)18-8-6-12-28-18/h5-9,12,17H,4,10-11,13-14H2,1-3H3/t17-/m1/s1. The van der Waals surface area contributed by atoms with Gasteiger partial charge in [-0.15, -0.1) is 11.3 Å². The molecule has 0 bridgehead atoms. The van der Waals surface area contributed by atoms with Crippen molar-refractivity contribution in [3.63, 3.8) is 0 Å². The minimum atomic E-state index is -0.185. The Hall–Kier alpha value is -2.45. The Kier molecular flexibility index (Phi) is 6.64. The fourth-order valence-electron chi connectivity index (χ4n) is 3.34. The van der Waals surface area contributed by atoms with Gasteiger partial charge < -0.3 is 14.2 Å². The average molecular weight is 403 g/mol. The number of hydrazone groups is 1. The second-order valence-electron chi connectivity index (χ2n) is 6.69. The maximum Gasteiger partial charge on any atom is 0.262 e. The molecule has 0 spiro atoms. The number of carbonyl (C=O) groups is 2. The highest BCUT2D eigenvalue weighted by atomic mass is 32.1. The van der Waals surface area contributed by atoms with E-state index in [1.807, 2.05) is 47.5 Å². The van der Waals surface area contributed by atoms with Crippen LogP contribution in [0.25, 0.3) is 0 Å². The van der Waals surface area contributed by atoms with Gasteiger partial charge in [0, 0.05) is 45.4 Å². The monoisotopic (exact) mass is 402 g/mol. The number of amides is 2. The Bertz CT molecular complexity index is 844. The zero-order valence-corrected chi connectivity index (χ0v) is 17.3. The maximum atomic E-state index is 13.1. The van der Waals surface area contributed by atoms with Crippen molar-refractivity contribution in [2.24, 2.45) is 12.1 Å². The van der Waals surface area contributed by atoms with Crippen LogP contribution in [0, 0.1) is 0 Å². The Morgan fingerprint density at radius 2 is 2.18 bits per heavy atom. The van der Waals surface area contributed by atoms with E-state index < -0.39 is 0 Å². The third-order valence-electron chi connectivity index (χ3n) is 4.84. The summed E-state index contributed by atoms with van der Waals surface area (Å²) in [5, 5.41) is 8.21. The highest BCUT2D eigenvalue weighted by Crippen LogP contribution is 2.33. The largest absolute Gasteiger partial charge is 0.383 e. The third-order valence-corrected chi connectivity index (χ3v) is 5.76. The molecule has 8 heteroatoms. The molecule has 0 aromatic carbocycles. The normalized spacial score (nSPS) is 16.3. The topological polar surface area (TPSA) is 67.1 Å². The van der Waals surface area contributed by atoms with Gasteiger partial charge >= 0.3 is 0 Å². The van der Waals surface area contributed by atoms with Gasteiger partial charge in [0.15, 0.2) is 0 Å². The van der Waals surface area contributed by atoms with Gasteiger partial charge in [-0.05, 0) is 23.6 Å². The Morgan fingerprint density at radius 3 is 2.79 bits per heavy atom. The molecule has 0 N–H and O–H groups in total. The number of ether oxygens (including phenoxy) is 1. The number of aryl methyl sites for hydroxylation is 1. The molecule has 1 atom stereocenters. The van der Waals surface area contributed by atoms with Crippen LogP contribution in [0.15, 0.2) is 40.9 Å². The van der Waals surface area contributed by atoms with Crippen molar-refractivity contribution in [3.05, 3.63) is 46.4 Å². The van der Waals surface area contributed by atoms with Gasteiger partial charge in [-0.1, -0.05) is 13.0 Å². The van der Waals surface area contributed by atoms with E-state index in [9.17, 15) is 9.59 Å². The van der Waals surface area contributed by atoms with Gasteiger partial charge in [-0.3, -0.25) is 9.59 Å². The predicted octanol–water partition coefficient (Wildman–Crippen LogP) is 2.65. The first kappa shape index (κ1) is 20.3. The van der Waals surface area contributed by atoms with Gasteiger partial charge in [-0.2, -0.15) is 5.10 Å². The minimum Gasteiger partial charge on any atom is -0.383 e. The Morgan fingerprint density at radius 1 is 1.36 bits per heavy atom. The van der Waals surface area contributed by atoms with Crippen molar-refractivity contribution < 1.29 is 14.3 Å². The van der Waals surface area contributed by atoms with Crippen molar-refractivity contribution >= 4 is 28.9 Å². The molecule has 2 aromatic heterocycles. The first-order chi connectivity index (χ1) is 13.5. The lowest BCUT2D eigenvalue weighted by atomic mass is 10.1. The van der Waals surface area contributed by atoms with Crippen molar-refractivity contribution in [2.75, 3.05) is 26.8 Å². The fourth-order valence-corrected chi connectivity index (χ4v) is 4.06. The molecule has 28 heavy (non-hydrogen) atoms. The summed E-state index contributed by atoms with van der Waals surface area (Å²) in [7, 11) is 3.55. The van der Waals surface area contributed by atoms with Crippen molar-refractivity contribution in [2.45, 2.75) is 25.8 Å². The SMILES string of the molecule is CCC(=O)N(CCOC)CC(=O)N1N=C(c2cccs2)C[C@@H]1c1cccn1C. The molecule has 0 saturated carbocycles. The first-order valence-corrected chi connectivity index (χ1v) is 10.2. The molecule has 7 nitrogen and oxygen atoms in total. The molecule has 0 unspecified atom stereocenters. The summed E-state index contributed by atoms with van der Waals surface area (Å²) in [6, 6.07) is 7.80. The Labute approximate surface area is 169 Å². The first-order valence-electron chi connectivity index (χ1n) is 9.36. The smallest absolute Gasteiger partial charge is 0.262 e. The second kappa shape index (κ2) is 9.16. The molecule has 2 aromatic rings. The van der Waals surface area contributed by atoms with Crippen LogP contribution in [0.1, 0.15) is 36.4 Å². The van der Waals surface area contributed by atoms with Gasteiger partial charge in [0.25, 0.3) is 5.91 Å². The lowest BCUT2D eigenvalue weighted by molar-refractivity contribution is -0.142. The van der Waals surface area contributed by atoms with Crippen molar-refractivity contribution in [1.82, 2.24) is 14.5 Å². The summed E-state index contributed by atoms with van der Waals surface area (Å²) in [6.07, 6.45) is 2.97. The van der Waals surface area contributed by atoms with E-state index in [2.05, 4.69) is 5.10 Å². The summed E-state index contributed by atoms with van der Waals surface area (Å²) >= 11 is 1.61. The number of thiophene rings is 1. The summed E-state index contributed by atoms with van der Waals surface area (Å²) in [5.74, 6) is -0.252. The van der Waals surface area contributed by atoms with Crippen LogP contribution in [0.2, 0.25) is 0 Å². The lowest BCUT2D eigenvalue weighted by Crippen LogP contribution is -2.42. The minimum absolute atomic E-state index is 0.00181. The van der Waals surface area contributed by atoms with E-state index in [4.69, 9.17) is 4.74 Å². The van der Waals surface area contributed by atoms with Gasteiger partial charge in [0.05, 0.1) is 17.2 Å². The molecular formula is C20H26N4O3S. The van der Waals surface area contributed by atoms with Crippen LogP contribution >= 0.6 is 11.3 Å². The zero-order chi connectivity index (χ0) is 20.1. The quantitative estimate of drug-likeness (QED) is 0.682. The fraction of sp³-hybridized carbons (Fsp3) is 0.450. The molecule has 2 amide bonds. The molecule has 1 aliphatic heterocycles. The summed E-state index contributed by atoms with van der Waals surface area (Å²) in [6.45, 7) is 2.57. The van der Waals surface area contributed by atoms with Crippen LogP contribution in [-0.4, -0.2) is 58.8 Å². The van der Waals surface area contributed by atoms with Crippen LogP contribution in [0.3, 0.4) is 0 Å². The molecule has 3 heterocycles. The third kappa shape index (κ3) is 4.34. The van der Waals surface area contributed by atoms with Crippen molar-refractivity contribution in [1.29, 1.82) is 0 Å². The number of rotatable bonds is 8. The van der Waals surface area contributed by atoms with E-state index in [-0.39, 0.29) is 24.4 Å². The number of carbonyl (C=O) groups excluding carboxylic acids is 2. The highest BCUT2D eigenvalue weighted by molar-refractivity contribution is 7.12. The van der Waals surface area contributed by atoms with Crippen LogP contribution in [-0.2, 0) is 21.4 Å². The molecule has 0 saturated heterocycles. The van der Waals surface area contributed by atoms with E-state index in [0.717, 1.165) is 16.3 Å². The van der Waals surface area contributed by atoms with E-state index in [1.165, 1.54) is 0 Å². The number of hydrogen-bond acceptors (Lipinski definition) is 5. The number of aromatic nitrogens is 1. The van der Waals surface area contributed by atoms with Crippen LogP contribution < -0.4 is 0 Å². The van der Waals surface area contributed by atoms with E-state index >= 15 is 0 Å². The summed E-state index contributed by atoms with van der Waals surface area (Å²) in [4.78, 5) is 28.0. The summed E-state index contributed by atoms with van der Waals surface area (Å²) in [5.41, 5.74) is 1.92. The highest BCUT2D eigenvalue weighted by Gasteiger charge is 2.35. The van der Waals surface area contributed by atoms with E-state index in [1.54, 1.807) is 35.3 Å². The lowest BCUT2D eigenvalue weighted by Gasteiger charge is -2.26. The van der Waals surface area contributed by atoms with Crippen LogP contribution in [0.4, 0.5) is 0 Å². The van der Waals surface area contributed by atoms with Gasteiger partial charge in [0.1, 0.15) is 12.6 Å². The molecule has 3 rings (SSSR count). The molecule has 0 aliphatic carbocycles. The second-order valence-corrected chi connectivity index (χ2v) is 7.64. The number of methoxy groups -OCH3 is 1. The van der Waals surface area contributed by atoms with Gasteiger partial charge in [0.2, 0.25) is 5.91 Å². The number of hydrogen-bond donors (Lipinski definition) is 0.